The highest BCUT2D eigenvalue weighted by molar-refractivity contribution is 5.97. The molecule has 0 saturated carbocycles. The zero-order valence-electron chi connectivity index (χ0n) is 23.0. The highest BCUT2D eigenvalue weighted by atomic mass is 16.6. The molecule has 0 aliphatic carbocycles. The maximum atomic E-state index is 13.2. The molecule has 0 aliphatic rings. The summed E-state index contributed by atoms with van der Waals surface area (Å²) < 4.78 is 17.3. The molecule has 3 rings (SSSR count). The van der Waals surface area contributed by atoms with Crippen LogP contribution in [0.15, 0.2) is 78.9 Å². The van der Waals surface area contributed by atoms with Crippen LogP contribution in [0.4, 0.5) is 4.79 Å². The number of para-hydroxylation sites is 1. The fourth-order valence-electron chi connectivity index (χ4n) is 3.73. The van der Waals surface area contributed by atoms with E-state index in [1.807, 2.05) is 60.7 Å². The topological polar surface area (TPSA) is 123 Å². The van der Waals surface area contributed by atoms with E-state index in [-0.39, 0.29) is 25.5 Å². The predicted molar refractivity (Wildman–Crippen MR) is 150 cm³/mol. The van der Waals surface area contributed by atoms with Gasteiger partial charge in [-0.1, -0.05) is 66.7 Å². The first kappa shape index (κ1) is 30.0. The molecule has 0 fully saturated rings. The summed E-state index contributed by atoms with van der Waals surface area (Å²) >= 11 is 0. The maximum absolute atomic E-state index is 13.2. The number of alkyl carbamates (subject to hydrolysis) is 1. The van der Waals surface area contributed by atoms with Gasteiger partial charge in [-0.3, -0.25) is 4.79 Å². The molecule has 40 heavy (non-hydrogen) atoms. The van der Waals surface area contributed by atoms with Crippen LogP contribution in [-0.4, -0.2) is 41.3 Å². The Balaban J connectivity index is 1.65. The minimum absolute atomic E-state index is 0.104. The number of carbonyl (C=O) groups excluding carboxylic acids is 2. The third-order valence-corrected chi connectivity index (χ3v) is 5.63. The van der Waals surface area contributed by atoms with Crippen molar-refractivity contribution in [2.75, 3.05) is 6.54 Å². The largest absolute Gasteiger partial charge is 0.485 e. The average molecular weight is 549 g/mol. The summed E-state index contributed by atoms with van der Waals surface area (Å²) in [5, 5.41) is 14.6. The van der Waals surface area contributed by atoms with Gasteiger partial charge in [0.25, 0.3) is 5.91 Å². The van der Waals surface area contributed by atoms with Crippen molar-refractivity contribution in [1.82, 2.24) is 10.6 Å². The Hall–Kier alpha value is -4.53. The number of ether oxygens (including phenoxy) is 3. The Labute approximate surface area is 234 Å². The van der Waals surface area contributed by atoms with Gasteiger partial charge in [-0.05, 0) is 56.9 Å². The minimum atomic E-state index is -1.18. The van der Waals surface area contributed by atoms with Crippen molar-refractivity contribution in [3.05, 3.63) is 95.6 Å². The maximum Gasteiger partial charge on any atom is 0.408 e. The van der Waals surface area contributed by atoms with E-state index in [0.29, 0.717) is 30.1 Å². The van der Waals surface area contributed by atoms with Crippen LogP contribution >= 0.6 is 0 Å². The smallest absolute Gasteiger partial charge is 0.408 e. The first-order valence-electron chi connectivity index (χ1n) is 13.1. The lowest BCUT2D eigenvalue weighted by Crippen LogP contribution is -2.43. The standard InChI is InChI=1S/C31H36N2O7/c1-31(2,3)40-30(37)33-25(29(35)36)17-11-19-32-28(34)24-16-10-18-26(38-20-22-12-6-4-7-13-22)27(24)39-21-23-14-8-5-9-15-23/h4-10,12-16,18,25H,11,17,19-21H2,1-3H3,(H,32,34)(H,33,37)(H,35,36)/t25-/m1/s1. The van der Waals surface area contributed by atoms with Crippen LogP contribution in [0.5, 0.6) is 11.5 Å². The van der Waals surface area contributed by atoms with Crippen molar-refractivity contribution in [3.63, 3.8) is 0 Å². The number of benzene rings is 3. The van der Waals surface area contributed by atoms with Crippen molar-refractivity contribution in [1.29, 1.82) is 0 Å². The molecule has 0 heterocycles. The fourth-order valence-corrected chi connectivity index (χ4v) is 3.73. The molecule has 0 bridgehead atoms. The summed E-state index contributed by atoms with van der Waals surface area (Å²) in [6.45, 7) is 5.80. The first-order chi connectivity index (χ1) is 19.1. The molecule has 212 valence electrons. The molecule has 0 spiro atoms. The lowest BCUT2D eigenvalue weighted by Gasteiger charge is -2.22. The van der Waals surface area contributed by atoms with E-state index in [2.05, 4.69) is 10.6 Å². The minimum Gasteiger partial charge on any atom is -0.485 e. The van der Waals surface area contributed by atoms with Gasteiger partial charge in [0, 0.05) is 6.54 Å². The number of aliphatic carboxylic acids is 1. The SMILES string of the molecule is CC(C)(C)OC(=O)N[C@H](CCCNC(=O)c1cccc(OCc2ccccc2)c1OCc1ccccc1)C(=O)O. The molecule has 0 saturated heterocycles. The molecule has 0 radical (unpaired) electrons. The Morgan fingerprint density at radius 1 is 0.825 bits per heavy atom. The summed E-state index contributed by atoms with van der Waals surface area (Å²) in [6, 6.07) is 23.2. The molecule has 9 nitrogen and oxygen atoms in total. The van der Waals surface area contributed by atoms with Gasteiger partial charge in [-0.2, -0.15) is 0 Å². The highest BCUT2D eigenvalue weighted by Crippen LogP contribution is 2.33. The molecule has 1 atom stereocenters. The lowest BCUT2D eigenvalue weighted by molar-refractivity contribution is -0.139. The van der Waals surface area contributed by atoms with Crippen LogP contribution in [-0.2, 0) is 22.7 Å². The Kier molecular flexibility index (Phi) is 10.9. The number of hydrogen-bond acceptors (Lipinski definition) is 6. The van der Waals surface area contributed by atoms with Crippen molar-refractivity contribution in [3.8, 4) is 11.5 Å². The normalized spacial score (nSPS) is 11.7. The molecular formula is C31H36N2O7. The zero-order chi connectivity index (χ0) is 29.0. The Morgan fingerprint density at radius 2 is 1.43 bits per heavy atom. The molecule has 3 aromatic carbocycles. The van der Waals surface area contributed by atoms with Gasteiger partial charge < -0.3 is 30.0 Å². The monoisotopic (exact) mass is 548 g/mol. The Bertz CT molecular complexity index is 1260. The summed E-state index contributed by atoms with van der Waals surface area (Å²) in [6.07, 6.45) is -0.397. The number of carboxylic acid groups (broad SMARTS) is 1. The van der Waals surface area contributed by atoms with Crippen molar-refractivity contribution in [2.24, 2.45) is 0 Å². The molecule has 0 unspecified atom stereocenters. The van der Waals surface area contributed by atoms with E-state index in [0.717, 1.165) is 11.1 Å². The summed E-state index contributed by atoms with van der Waals surface area (Å²) in [5.41, 5.74) is 1.45. The van der Waals surface area contributed by atoms with E-state index in [1.54, 1.807) is 39.0 Å². The van der Waals surface area contributed by atoms with E-state index in [1.165, 1.54) is 0 Å². The van der Waals surface area contributed by atoms with Gasteiger partial charge in [0.1, 0.15) is 24.9 Å². The van der Waals surface area contributed by atoms with Crippen LogP contribution in [0, 0.1) is 0 Å². The molecule has 3 N–H and O–H groups in total. The Morgan fingerprint density at radius 3 is 2.00 bits per heavy atom. The van der Waals surface area contributed by atoms with Gasteiger partial charge >= 0.3 is 12.1 Å². The first-order valence-corrected chi connectivity index (χ1v) is 13.1. The predicted octanol–water partition coefficient (Wildman–Crippen LogP) is 5.33. The van der Waals surface area contributed by atoms with Gasteiger partial charge in [-0.15, -0.1) is 0 Å². The molecule has 2 amide bonds. The quantitative estimate of drug-likeness (QED) is 0.247. The second-order valence-corrected chi connectivity index (χ2v) is 10.1. The fraction of sp³-hybridized carbons (Fsp3) is 0.323. The van der Waals surface area contributed by atoms with Crippen molar-refractivity contribution in [2.45, 2.75) is 58.5 Å². The molecular weight excluding hydrogens is 512 g/mol. The summed E-state index contributed by atoms with van der Waals surface area (Å²) in [4.78, 5) is 36.7. The number of amides is 2. The molecule has 0 aliphatic heterocycles. The third kappa shape index (κ3) is 9.98. The van der Waals surface area contributed by atoms with Crippen LogP contribution in [0.1, 0.15) is 55.1 Å². The van der Waals surface area contributed by atoms with Crippen molar-refractivity contribution >= 4 is 18.0 Å². The zero-order valence-corrected chi connectivity index (χ0v) is 23.0. The van der Waals surface area contributed by atoms with Gasteiger partial charge in [0.15, 0.2) is 11.5 Å². The van der Waals surface area contributed by atoms with Crippen LogP contribution in [0.25, 0.3) is 0 Å². The molecule has 3 aromatic rings. The molecule has 0 aromatic heterocycles. The van der Waals surface area contributed by atoms with Crippen LogP contribution in [0.3, 0.4) is 0 Å². The second kappa shape index (κ2) is 14.6. The average Bonchev–Trinajstić information content (AvgIpc) is 2.92. The van der Waals surface area contributed by atoms with Gasteiger partial charge in [0.05, 0.1) is 5.56 Å². The second-order valence-electron chi connectivity index (χ2n) is 10.1. The number of nitrogens with one attached hydrogen (secondary N) is 2. The van der Waals surface area contributed by atoms with E-state index in [9.17, 15) is 19.5 Å². The lowest BCUT2D eigenvalue weighted by atomic mass is 10.1. The van der Waals surface area contributed by atoms with E-state index < -0.39 is 23.7 Å². The highest BCUT2D eigenvalue weighted by Gasteiger charge is 2.24. The molecule has 9 heteroatoms. The number of carboxylic acids is 1. The number of carbonyl (C=O) groups is 3. The van der Waals surface area contributed by atoms with Crippen molar-refractivity contribution < 1.29 is 33.7 Å². The van der Waals surface area contributed by atoms with Crippen LogP contribution < -0.4 is 20.1 Å². The van der Waals surface area contributed by atoms with Gasteiger partial charge in [-0.25, -0.2) is 9.59 Å². The number of rotatable bonds is 13. The van der Waals surface area contributed by atoms with Gasteiger partial charge in [0.2, 0.25) is 0 Å². The van der Waals surface area contributed by atoms with Crippen LogP contribution in [0.2, 0.25) is 0 Å². The third-order valence-electron chi connectivity index (χ3n) is 5.63. The van der Waals surface area contributed by atoms with E-state index in [4.69, 9.17) is 14.2 Å². The summed E-state index contributed by atoms with van der Waals surface area (Å²) in [7, 11) is 0. The van der Waals surface area contributed by atoms with E-state index >= 15 is 0 Å². The number of hydrogen-bond donors (Lipinski definition) is 3. The summed E-state index contributed by atoms with van der Waals surface area (Å²) in [5.74, 6) is -0.827.